The third-order valence-electron chi connectivity index (χ3n) is 3.43. The van der Waals surface area contributed by atoms with Crippen molar-refractivity contribution in [1.82, 2.24) is 9.38 Å². The number of nitrogens with zero attached hydrogens (tertiary/aromatic N) is 3. The van der Waals surface area contributed by atoms with E-state index in [4.69, 9.17) is 10.00 Å². The molecule has 0 N–H and O–H groups in total. The van der Waals surface area contributed by atoms with Crippen molar-refractivity contribution in [2.75, 3.05) is 7.11 Å². The number of benzene rings is 1. The zero-order chi connectivity index (χ0) is 15.7. The summed E-state index contributed by atoms with van der Waals surface area (Å²) in [5.41, 5.74) is 3.93. The van der Waals surface area contributed by atoms with Crippen molar-refractivity contribution in [3.05, 3.63) is 59.4 Å². The van der Waals surface area contributed by atoms with E-state index in [0.29, 0.717) is 22.6 Å². The average Bonchev–Trinajstić information content (AvgIpc) is 2.92. The van der Waals surface area contributed by atoms with Gasteiger partial charge in [0, 0.05) is 11.8 Å². The molecule has 0 atom stereocenters. The first kappa shape index (κ1) is 13.8. The predicted octanol–water partition coefficient (Wildman–Crippen LogP) is 2.97. The Labute approximate surface area is 127 Å². The largest absolute Gasteiger partial charge is 0.464 e. The van der Waals surface area contributed by atoms with Crippen LogP contribution in [0.5, 0.6) is 0 Å². The molecule has 2 aromatic heterocycles. The van der Waals surface area contributed by atoms with Crippen LogP contribution in [-0.4, -0.2) is 22.5 Å². The van der Waals surface area contributed by atoms with Gasteiger partial charge in [0.25, 0.3) is 0 Å². The zero-order valence-electron chi connectivity index (χ0n) is 12.2. The number of rotatable bonds is 2. The van der Waals surface area contributed by atoms with Crippen LogP contribution in [0.3, 0.4) is 0 Å². The topological polar surface area (TPSA) is 67.4 Å². The van der Waals surface area contributed by atoms with Crippen molar-refractivity contribution >= 4 is 11.6 Å². The molecule has 2 heterocycles. The molecule has 0 aliphatic rings. The van der Waals surface area contributed by atoms with Crippen LogP contribution in [0, 0.1) is 18.3 Å². The molecule has 0 unspecified atom stereocenters. The Morgan fingerprint density at radius 1 is 1.23 bits per heavy atom. The van der Waals surface area contributed by atoms with Crippen LogP contribution >= 0.6 is 0 Å². The smallest absolute Gasteiger partial charge is 0.357 e. The summed E-state index contributed by atoms with van der Waals surface area (Å²) < 4.78 is 6.63. The number of hydrogen-bond acceptors (Lipinski definition) is 4. The first-order valence-corrected chi connectivity index (χ1v) is 6.71. The molecule has 22 heavy (non-hydrogen) atoms. The second-order valence-corrected chi connectivity index (χ2v) is 4.92. The Balaban J connectivity index is 2.27. The van der Waals surface area contributed by atoms with Crippen LogP contribution in [0.2, 0.25) is 0 Å². The standard InChI is InChI=1S/C17H13N3O2/c1-11-3-8-14-19-15(13-6-4-12(9-18)5-7-13)16(17(21)22-2)20(14)10-11/h3-8,10H,1-2H3. The highest BCUT2D eigenvalue weighted by Gasteiger charge is 2.21. The number of fused-ring (bicyclic) bond motifs is 1. The molecule has 1 aromatic carbocycles. The van der Waals surface area contributed by atoms with Crippen molar-refractivity contribution < 1.29 is 9.53 Å². The van der Waals surface area contributed by atoms with Gasteiger partial charge in [0.15, 0.2) is 5.69 Å². The van der Waals surface area contributed by atoms with Gasteiger partial charge >= 0.3 is 5.97 Å². The molecule has 0 spiro atoms. The van der Waals surface area contributed by atoms with Crippen LogP contribution in [0.1, 0.15) is 21.6 Å². The lowest BCUT2D eigenvalue weighted by Crippen LogP contribution is -2.07. The van der Waals surface area contributed by atoms with E-state index in [0.717, 1.165) is 11.1 Å². The van der Waals surface area contributed by atoms with Gasteiger partial charge in [-0.1, -0.05) is 18.2 Å². The number of esters is 1. The summed E-state index contributed by atoms with van der Waals surface area (Å²) in [4.78, 5) is 16.7. The number of pyridine rings is 1. The maximum absolute atomic E-state index is 12.2. The number of carbonyl (C=O) groups excluding carboxylic acids is 1. The van der Waals surface area contributed by atoms with Gasteiger partial charge in [-0.3, -0.25) is 4.40 Å². The quantitative estimate of drug-likeness (QED) is 0.681. The summed E-state index contributed by atoms with van der Waals surface area (Å²) in [6, 6.07) is 12.8. The van der Waals surface area contributed by atoms with E-state index >= 15 is 0 Å². The van der Waals surface area contributed by atoms with E-state index < -0.39 is 5.97 Å². The number of imidazole rings is 1. The van der Waals surface area contributed by atoms with E-state index in [2.05, 4.69) is 11.1 Å². The normalized spacial score (nSPS) is 10.4. The van der Waals surface area contributed by atoms with E-state index in [-0.39, 0.29) is 0 Å². The lowest BCUT2D eigenvalue weighted by Gasteiger charge is -2.04. The van der Waals surface area contributed by atoms with E-state index in [9.17, 15) is 4.79 Å². The summed E-state index contributed by atoms with van der Waals surface area (Å²) in [7, 11) is 1.35. The number of nitriles is 1. The van der Waals surface area contributed by atoms with Crippen molar-refractivity contribution in [2.24, 2.45) is 0 Å². The molecule has 0 radical (unpaired) electrons. The van der Waals surface area contributed by atoms with Gasteiger partial charge in [-0.25, -0.2) is 9.78 Å². The molecule has 0 bridgehead atoms. The third-order valence-corrected chi connectivity index (χ3v) is 3.43. The highest BCUT2D eigenvalue weighted by Crippen LogP contribution is 2.25. The SMILES string of the molecule is COC(=O)c1c(-c2ccc(C#N)cc2)nc2ccc(C)cn12. The lowest BCUT2D eigenvalue weighted by molar-refractivity contribution is 0.0594. The summed E-state index contributed by atoms with van der Waals surface area (Å²) in [5.74, 6) is -0.447. The van der Waals surface area contributed by atoms with Gasteiger partial charge in [-0.15, -0.1) is 0 Å². The van der Waals surface area contributed by atoms with Gasteiger partial charge in [0.05, 0.1) is 18.7 Å². The van der Waals surface area contributed by atoms with Gasteiger partial charge in [0.1, 0.15) is 11.3 Å². The van der Waals surface area contributed by atoms with Crippen LogP contribution in [-0.2, 0) is 4.74 Å². The molecule has 5 nitrogen and oxygen atoms in total. The number of ether oxygens (including phenoxy) is 1. The van der Waals surface area contributed by atoms with Crippen LogP contribution in [0.15, 0.2) is 42.6 Å². The number of methoxy groups -OCH3 is 1. The molecule has 5 heteroatoms. The zero-order valence-corrected chi connectivity index (χ0v) is 12.2. The lowest BCUT2D eigenvalue weighted by atomic mass is 10.1. The molecular formula is C17H13N3O2. The van der Waals surface area contributed by atoms with Gasteiger partial charge in [-0.05, 0) is 30.7 Å². The number of aromatic nitrogens is 2. The molecule has 0 aliphatic heterocycles. The minimum Gasteiger partial charge on any atom is -0.464 e. The first-order chi connectivity index (χ1) is 10.6. The Hall–Kier alpha value is -3.13. The fraction of sp³-hybridized carbons (Fsp3) is 0.118. The Bertz CT molecular complexity index is 902. The van der Waals surface area contributed by atoms with E-state index in [1.165, 1.54) is 7.11 Å². The average molecular weight is 291 g/mol. The van der Waals surface area contributed by atoms with Crippen LogP contribution in [0.25, 0.3) is 16.9 Å². The minimum absolute atomic E-state index is 0.380. The number of hydrogen-bond donors (Lipinski definition) is 0. The molecule has 3 rings (SSSR count). The molecular weight excluding hydrogens is 278 g/mol. The van der Waals surface area contributed by atoms with E-state index in [1.807, 2.05) is 25.3 Å². The van der Waals surface area contributed by atoms with Gasteiger partial charge < -0.3 is 4.74 Å². The fourth-order valence-corrected chi connectivity index (χ4v) is 2.35. The number of carbonyl (C=O) groups is 1. The summed E-state index contributed by atoms with van der Waals surface area (Å²) in [6.45, 7) is 1.95. The van der Waals surface area contributed by atoms with Gasteiger partial charge in [0.2, 0.25) is 0 Å². The number of aryl methyl sites for hydroxylation is 1. The van der Waals surface area contributed by atoms with Crippen molar-refractivity contribution in [2.45, 2.75) is 6.92 Å². The van der Waals surface area contributed by atoms with Crippen molar-refractivity contribution in [3.63, 3.8) is 0 Å². The second kappa shape index (κ2) is 5.34. The van der Waals surface area contributed by atoms with Crippen molar-refractivity contribution in [1.29, 1.82) is 5.26 Å². The third kappa shape index (κ3) is 2.21. The van der Waals surface area contributed by atoms with Gasteiger partial charge in [-0.2, -0.15) is 5.26 Å². The Morgan fingerprint density at radius 2 is 1.95 bits per heavy atom. The van der Waals surface area contributed by atoms with Crippen LogP contribution < -0.4 is 0 Å². The van der Waals surface area contributed by atoms with Crippen molar-refractivity contribution in [3.8, 4) is 17.3 Å². The fourth-order valence-electron chi connectivity index (χ4n) is 2.35. The van der Waals surface area contributed by atoms with Crippen LogP contribution in [0.4, 0.5) is 0 Å². The Morgan fingerprint density at radius 3 is 2.59 bits per heavy atom. The highest BCUT2D eigenvalue weighted by molar-refractivity contribution is 5.96. The minimum atomic E-state index is -0.447. The monoisotopic (exact) mass is 291 g/mol. The highest BCUT2D eigenvalue weighted by atomic mass is 16.5. The molecule has 0 aliphatic carbocycles. The second-order valence-electron chi connectivity index (χ2n) is 4.92. The molecule has 108 valence electrons. The van der Waals surface area contributed by atoms with E-state index in [1.54, 1.807) is 28.7 Å². The predicted molar refractivity (Wildman–Crippen MR) is 81.4 cm³/mol. The summed E-state index contributed by atoms with van der Waals surface area (Å²) >= 11 is 0. The summed E-state index contributed by atoms with van der Waals surface area (Å²) in [5, 5.41) is 8.88. The molecule has 0 saturated carbocycles. The molecule has 0 amide bonds. The Kier molecular flexibility index (Phi) is 3.36. The summed E-state index contributed by atoms with van der Waals surface area (Å²) in [6.07, 6.45) is 1.85. The molecule has 3 aromatic rings. The maximum atomic E-state index is 12.2. The first-order valence-electron chi connectivity index (χ1n) is 6.71. The molecule has 0 saturated heterocycles. The maximum Gasteiger partial charge on any atom is 0.357 e. The molecule has 0 fully saturated rings.